The van der Waals surface area contributed by atoms with E-state index in [0.717, 1.165) is 0 Å². The van der Waals surface area contributed by atoms with Gasteiger partial charge >= 0.3 is 0 Å². The average Bonchev–Trinajstić information content (AvgIpc) is 2.67. The predicted octanol–water partition coefficient (Wildman–Crippen LogP) is 2.23. The Labute approximate surface area is 130 Å². The van der Waals surface area contributed by atoms with Crippen molar-refractivity contribution in [3.63, 3.8) is 0 Å². The number of benzene rings is 1. The van der Waals surface area contributed by atoms with Crippen LogP contribution < -0.4 is 10.2 Å². The number of aromatic nitrogens is 1. The number of carbonyl (C=O) groups is 2. The van der Waals surface area contributed by atoms with Crippen molar-refractivity contribution in [1.29, 1.82) is 0 Å². The number of hydrogen-bond acceptors (Lipinski definition) is 3. The fraction of sp³-hybridized carbons (Fsp3) is 0.133. The summed E-state index contributed by atoms with van der Waals surface area (Å²) in [5, 5.41) is 2.79. The summed E-state index contributed by atoms with van der Waals surface area (Å²) < 4.78 is 0.635. The van der Waals surface area contributed by atoms with Crippen LogP contribution in [0.15, 0.2) is 47.1 Å². The lowest BCUT2D eigenvalue weighted by molar-refractivity contribution is 0.0953. The second-order valence-electron chi connectivity index (χ2n) is 4.56. The first kappa shape index (κ1) is 13.8. The minimum Gasteiger partial charge on any atom is -0.350 e. The smallest absolute Gasteiger partial charge is 0.278 e. The Morgan fingerprint density at radius 3 is 2.86 bits per heavy atom. The number of pyridine rings is 1. The average molecular weight is 346 g/mol. The lowest BCUT2D eigenvalue weighted by atomic mass is 10.1. The van der Waals surface area contributed by atoms with Crippen molar-refractivity contribution in [2.45, 2.75) is 0 Å². The molecule has 0 saturated carbocycles. The lowest BCUT2D eigenvalue weighted by Crippen LogP contribution is -2.35. The SMILES string of the molecule is O=C1NCCN(C(=O)c2ncccc2Br)c2ccccc21. The molecule has 1 aliphatic rings. The van der Waals surface area contributed by atoms with Crippen molar-refractivity contribution < 1.29 is 9.59 Å². The number of para-hydroxylation sites is 1. The number of fused-ring (bicyclic) bond motifs is 1. The highest BCUT2D eigenvalue weighted by atomic mass is 79.9. The number of carbonyl (C=O) groups excluding carboxylic acids is 2. The molecule has 2 aromatic rings. The van der Waals surface area contributed by atoms with Crippen LogP contribution in [-0.4, -0.2) is 29.9 Å². The van der Waals surface area contributed by atoms with Crippen LogP contribution in [0.3, 0.4) is 0 Å². The highest BCUT2D eigenvalue weighted by molar-refractivity contribution is 9.10. The van der Waals surface area contributed by atoms with Crippen LogP contribution >= 0.6 is 15.9 Å². The topological polar surface area (TPSA) is 62.3 Å². The Kier molecular flexibility index (Phi) is 3.70. The third-order valence-corrected chi connectivity index (χ3v) is 3.91. The summed E-state index contributed by atoms with van der Waals surface area (Å²) in [6, 6.07) is 10.6. The van der Waals surface area contributed by atoms with E-state index in [4.69, 9.17) is 0 Å². The molecule has 6 heteroatoms. The molecule has 106 valence electrons. The van der Waals surface area contributed by atoms with E-state index in [2.05, 4.69) is 26.2 Å². The zero-order valence-corrected chi connectivity index (χ0v) is 12.6. The van der Waals surface area contributed by atoms with Crippen LogP contribution in [-0.2, 0) is 0 Å². The van der Waals surface area contributed by atoms with E-state index in [9.17, 15) is 9.59 Å². The van der Waals surface area contributed by atoms with Gasteiger partial charge in [0.05, 0.1) is 11.3 Å². The van der Waals surface area contributed by atoms with Gasteiger partial charge in [0.15, 0.2) is 0 Å². The van der Waals surface area contributed by atoms with E-state index in [0.29, 0.717) is 34.5 Å². The molecule has 0 atom stereocenters. The molecule has 0 unspecified atom stereocenters. The van der Waals surface area contributed by atoms with E-state index >= 15 is 0 Å². The van der Waals surface area contributed by atoms with Crippen LogP contribution in [0.1, 0.15) is 20.8 Å². The third-order valence-electron chi connectivity index (χ3n) is 3.27. The number of nitrogens with zero attached hydrogens (tertiary/aromatic N) is 2. The van der Waals surface area contributed by atoms with Gasteiger partial charge in [-0.05, 0) is 40.2 Å². The fourth-order valence-electron chi connectivity index (χ4n) is 2.28. The second kappa shape index (κ2) is 5.65. The molecule has 0 radical (unpaired) electrons. The molecule has 0 fully saturated rings. The van der Waals surface area contributed by atoms with Gasteiger partial charge in [-0.3, -0.25) is 9.59 Å². The monoisotopic (exact) mass is 345 g/mol. The molecule has 3 rings (SSSR count). The molecule has 0 spiro atoms. The van der Waals surface area contributed by atoms with Crippen LogP contribution in [0.2, 0.25) is 0 Å². The zero-order chi connectivity index (χ0) is 14.8. The van der Waals surface area contributed by atoms with Gasteiger partial charge in [0.2, 0.25) is 0 Å². The minimum absolute atomic E-state index is 0.166. The quantitative estimate of drug-likeness (QED) is 0.861. The fourth-order valence-corrected chi connectivity index (χ4v) is 2.70. The largest absolute Gasteiger partial charge is 0.350 e. The van der Waals surface area contributed by atoms with Crippen molar-refractivity contribution in [3.8, 4) is 0 Å². The number of anilines is 1. The predicted molar refractivity (Wildman–Crippen MR) is 82.4 cm³/mol. The number of rotatable bonds is 1. The maximum Gasteiger partial charge on any atom is 0.278 e. The van der Waals surface area contributed by atoms with Crippen LogP contribution in [0.25, 0.3) is 0 Å². The second-order valence-corrected chi connectivity index (χ2v) is 5.42. The first-order valence-electron chi connectivity index (χ1n) is 6.48. The van der Waals surface area contributed by atoms with E-state index in [1.165, 1.54) is 0 Å². The molecule has 0 bridgehead atoms. The Morgan fingerprint density at radius 1 is 1.24 bits per heavy atom. The van der Waals surface area contributed by atoms with Crippen LogP contribution in [0.4, 0.5) is 5.69 Å². The summed E-state index contributed by atoms with van der Waals surface area (Å²) in [6.45, 7) is 0.814. The maximum atomic E-state index is 12.7. The maximum absolute atomic E-state index is 12.7. The first-order chi connectivity index (χ1) is 10.2. The van der Waals surface area contributed by atoms with E-state index < -0.39 is 0 Å². The molecule has 21 heavy (non-hydrogen) atoms. The Bertz CT molecular complexity index is 718. The highest BCUT2D eigenvalue weighted by Gasteiger charge is 2.27. The van der Waals surface area contributed by atoms with Crippen molar-refractivity contribution in [2.24, 2.45) is 0 Å². The summed E-state index contributed by atoms with van der Waals surface area (Å²) in [4.78, 5) is 30.5. The molecule has 2 heterocycles. The third kappa shape index (κ3) is 2.54. The Morgan fingerprint density at radius 2 is 2.05 bits per heavy atom. The number of amides is 2. The molecular weight excluding hydrogens is 334 g/mol. The summed E-state index contributed by atoms with van der Waals surface area (Å²) in [5.74, 6) is -0.396. The van der Waals surface area contributed by atoms with Crippen LogP contribution in [0.5, 0.6) is 0 Å². The molecule has 1 aromatic heterocycles. The van der Waals surface area contributed by atoms with Gasteiger partial charge in [0.25, 0.3) is 11.8 Å². The van der Waals surface area contributed by atoms with E-state index in [1.807, 2.05) is 6.07 Å². The van der Waals surface area contributed by atoms with Gasteiger partial charge in [0.1, 0.15) is 5.69 Å². The van der Waals surface area contributed by atoms with Gasteiger partial charge in [-0.1, -0.05) is 12.1 Å². The van der Waals surface area contributed by atoms with Gasteiger partial charge in [-0.2, -0.15) is 0 Å². The van der Waals surface area contributed by atoms with E-state index in [-0.39, 0.29) is 11.8 Å². The van der Waals surface area contributed by atoms with Gasteiger partial charge in [0, 0.05) is 23.8 Å². The highest BCUT2D eigenvalue weighted by Crippen LogP contribution is 2.25. The molecule has 5 nitrogen and oxygen atoms in total. The van der Waals surface area contributed by atoms with E-state index in [1.54, 1.807) is 41.4 Å². The van der Waals surface area contributed by atoms with Crippen molar-refractivity contribution in [1.82, 2.24) is 10.3 Å². The molecule has 0 saturated heterocycles. The molecule has 1 aromatic carbocycles. The number of hydrogen-bond donors (Lipinski definition) is 1. The van der Waals surface area contributed by atoms with Crippen molar-refractivity contribution in [3.05, 3.63) is 58.3 Å². The normalized spacial score (nSPS) is 14.1. The van der Waals surface area contributed by atoms with Crippen molar-refractivity contribution in [2.75, 3.05) is 18.0 Å². The number of halogens is 1. The summed E-state index contributed by atoms with van der Waals surface area (Å²) >= 11 is 3.34. The molecule has 1 N–H and O–H groups in total. The van der Waals surface area contributed by atoms with Gasteiger partial charge in [-0.15, -0.1) is 0 Å². The summed E-state index contributed by atoms with van der Waals surface area (Å²) in [7, 11) is 0. The molecule has 2 amide bonds. The lowest BCUT2D eigenvalue weighted by Gasteiger charge is -2.21. The van der Waals surface area contributed by atoms with Gasteiger partial charge < -0.3 is 10.2 Å². The minimum atomic E-state index is -0.230. The first-order valence-corrected chi connectivity index (χ1v) is 7.27. The number of nitrogens with one attached hydrogen (secondary N) is 1. The van der Waals surface area contributed by atoms with Crippen LogP contribution in [0, 0.1) is 0 Å². The Balaban J connectivity index is 2.06. The summed E-state index contributed by atoms with van der Waals surface area (Å²) in [5.41, 5.74) is 1.44. The van der Waals surface area contributed by atoms with Crippen molar-refractivity contribution >= 4 is 33.4 Å². The molecule has 1 aliphatic heterocycles. The Hall–Kier alpha value is -2.21. The van der Waals surface area contributed by atoms with Gasteiger partial charge in [-0.25, -0.2) is 4.98 Å². The summed E-state index contributed by atoms with van der Waals surface area (Å²) in [6.07, 6.45) is 1.57. The molecule has 0 aliphatic carbocycles. The zero-order valence-electron chi connectivity index (χ0n) is 11.0. The standard InChI is InChI=1S/C15H12BrN3O2/c16-11-5-3-7-17-13(11)15(21)19-9-8-18-14(20)10-4-1-2-6-12(10)19/h1-7H,8-9H2,(H,18,20). The molecular formula is C15H12BrN3O2.